The maximum atomic E-state index is 11.6. The summed E-state index contributed by atoms with van der Waals surface area (Å²) in [6.07, 6.45) is -2.13. The first-order valence-electron chi connectivity index (χ1n) is 7.75. The zero-order chi connectivity index (χ0) is 17.9. The van der Waals surface area contributed by atoms with Crippen molar-refractivity contribution in [2.24, 2.45) is 5.11 Å². The largest absolute Gasteiger partial charge is 0.479 e. The number of azide groups is 1. The number of aliphatic carboxylic acids is 1. The molecule has 2 aromatic rings. The van der Waals surface area contributed by atoms with Crippen LogP contribution in [0, 0.1) is 0 Å². The minimum absolute atomic E-state index is 0.124. The number of rotatable bonds is 10. The van der Waals surface area contributed by atoms with Crippen molar-refractivity contribution in [1.29, 1.82) is 0 Å². The van der Waals surface area contributed by atoms with Crippen LogP contribution in [-0.4, -0.2) is 29.8 Å². The Morgan fingerprint density at radius 3 is 2.00 bits per heavy atom. The minimum atomic E-state index is -1.24. The molecule has 7 nitrogen and oxygen atoms in total. The van der Waals surface area contributed by atoms with Gasteiger partial charge in [0.1, 0.15) is 6.10 Å². The second-order valence-corrected chi connectivity index (χ2v) is 5.30. The third-order valence-corrected chi connectivity index (χ3v) is 3.49. The lowest BCUT2D eigenvalue weighted by Crippen LogP contribution is -2.40. The Labute approximate surface area is 145 Å². The van der Waals surface area contributed by atoms with Crippen LogP contribution in [0.25, 0.3) is 10.4 Å². The van der Waals surface area contributed by atoms with Crippen LogP contribution in [0.1, 0.15) is 11.1 Å². The van der Waals surface area contributed by atoms with Crippen LogP contribution in [-0.2, 0) is 27.5 Å². The predicted octanol–water partition coefficient (Wildman–Crippen LogP) is 3.55. The van der Waals surface area contributed by atoms with Gasteiger partial charge in [-0.15, -0.1) is 0 Å². The molecule has 0 heterocycles. The summed E-state index contributed by atoms with van der Waals surface area (Å²) in [4.78, 5) is 14.3. The standard InChI is InChI=1S/C18H19N3O4/c19-21-20-11-16(24-12-14-7-3-1-4-8-14)17(18(22)23)25-13-15-9-5-2-6-10-15/h1-10,16-17H,11-13H2,(H,22,23)/t16-,17-/m1/s1. The fourth-order valence-corrected chi connectivity index (χ4v) is 2.23. The van der Waals surface area contributed by atoms with E-state index in [-0.39, 0.29) is 19.8 Å². The van der Waals surface area contributed by atoms with Gasteiger partial charge in [-0.05, 0) is 16.7 Å². The average Bonchev–Trinajstić information content (AvgIpc) is 2.65. The Morgan fingerprint density at radius 2 is 1.52 bits per heavy atom. The summed E-state index contributed by atoms with van der Waals surface area (Å²) in [6, 6.07) is 18.6. The number of carbonyl (C=O) groups is 1. The van der Waals surface area contributed by atoms with Crippen LogP contribution in [0.2, 0.25) is 0 Å². The molecule has 2 aromatic carbocycles. The van der Waals surface area contributed by atoms with Gasteiger partial charge in [0.25, 0.3) is 0 Å². The smallest absolute Gasteiger partial charge is 0.335 e. The van der Waals surface area contributed by atoms with E-state index in [1.807, 2.05) is 60.7 Å². The maximum absolute atomic E-state index is 11.6. The normalized spacial score (nSPS) is 12.8. The van der Waals surface area contributed by atoms with Crippen molar-refractivity contribution in [3.63, 3.8) is 0 Å². The number of carboxylic acids is 1. The fourth-order valence-electron chi connectivity index (χ4n) is 2.23. The van der Waals surface area contributed by atoms with E-state index in [9.17, 15) is 9.90 Å². The van der Waals surface area contributed by atoms with Gasteiger partial charge < -0.3 is 14.6 Å². The van der Waals surface area contributed by atoms with Crippen molar-refractivity contribution in [3.05, 3.63) is 82.2 Å². The molecule has 0 saturated heterocycles. The molecule has 25 heavy (non-hydrogen) atoms. The molecular weight excluding hydrogens is 322 g/mol. The van der Waals surface area contributed by atoms with Gasteiger partial charge in [0.05, 0.1) is 19.8 Å². The van der Waals surface area contributed by atoms with Crippen LogP contribution in [0.15, 0.2) is 65.8 Å². The molecule has 130 valence electrons. The number of hydrogen-bond donors (Lipinski definition) is 1. The maximum Gasteiger partial charge on any atom is 0.335 e. The summed E-state index contributed by atoms with van der Waals surface area (Å²) in [7, 11) is 0. The SMILES string of the molecule is [N-]=[N+]=NC[C@@H](OCc1ccccc1)[C@@H](OCc1ccccc1)C(=O)O. The summed E-state index contributed by atoms with van der Waals surface area (Å²) in [6.45, 7) is 0.194. The Hall–Kier alpha value is -2.86. The summed E-state index contributed by atoms with van der Waals surface area (Å²) in [5.74, 6) is -1.16. The van der Waals surface area contributed by atoms with E-state index in [1.165, 1.54) is 0 Å². The van der Waals surface area contributed by atoms with E-state index in [0.717, 1.165) is 11.1 Å². The number of ether oxygens (including phenoxy) is 2. The Bertz CT molecular complexity index is 703. The second-order valence-electron chi connectivity index (χ2n) is 5.30. The van der Waals surface area contributed by atoms with Gasteiger partial charge in [0.15, 0.2) is 6.10 Å². The average molecular weight is 341 g/mol. The zero-order valence-electron chi connectivity index (χ0n) is 13.6. The number of nitrogens with zero attached hydrogens (tertiary/aromatic N) is 3. The molecule has 0 unspecified atom stereocenters. The molecule has 0 fully saturated rings. The summed E-state index contributed by atoms with van der Waals surface area (Å²) in [5.41, 5.74) is 10.3. The Balaban J connectivity index is 2.04. The molecule has 1 N–H and O–H groups in total. The highest BCUT2D eigenvalue weighted by atomic mass is 16.6. The number of carboxylic acid groups (broad SMARTS) is 1. The summed E-state index contributed by atoms with van der Waals surface area (Å²) in [5, 5.41) is 12.9. The van der Waals surface area contributed by atoms with Gasteiger partial charge in [0.2, 0.25) is 0 Å². The lowest BCUT2D eigenvalue weighted by Gasteiger charge is -2.23. The van der Waals surface area contributed by atoms with E-state index >= 15 is 0 Å². The van der Waals surface area contributed by atoms with Crippen molar-refractivity contribution < 1.29 is 19.4 Å². The Kier molecular flexibility index (Phi) is 7.46. The van der Waals surface area contributed by atoms with Crippen LogP contribution < -0.4 is 0 Å². The van der Waals surface area contributed by atoms with Crippen molar-refractivity contribution in [3.8, 4) is 0 Å². The van der Waals surface area contributed by atoms with Gasteiger partial charge in [-0.2, -0.15) is 0 Å². The van der Waals surface area contributed by atoms with Crippen molar-refractivity contribution >= 4 is 5.97 Å². The van der Waals surface area contributed by atoms with Gasteiger partial charge in [-0.25, -0.2) is 4.79 Å². The molecule has 0 saturated carbocycles. The topological polar surface area (TPSA) is 105 Å². The van der Waals surface area contributed by atoms with Gasteiger partial charge in [0, 0.05) is 4.91 Å². The molecule has 0 radical (unpaired) electrons. The lowest BCUT2D eigenvalue weighted by atomic mass is 10.2. The monoisotopic (exact) mass is 341 g/mol. The van der Waals surface area contributed by atoms with Crippen LogP contribution in [0.3, 0.4) is 0 Å². The lowest BCUT2D eigenvalue weighted by molar-refractivity contribution is -0.163. The molecule has 0 bridgehead atoms. The van der Waals surface area contributed by atoms with Crippen molar-refractivity contribution in [2.45, 2.75) is 25.4 Å². The molecule has 2 rings (SSSR count). The summed E-state index contributed by atoms with van der Waals surface area (Å²) < 4.78 is 11.2. The predicted molar refractivity (Wildman–Crippen MR) is 91.7 cm³/mol. The molecular formula is C18H19N3O4. The van der Waals surface area contributed by atoms with Gasteiger partial charge in [-0.1, -0.05) is 65.8 Å². The van der Waals surface area contributed by atoms with Crippen molar-refractivity contribution in [1.82, 2.24) is 0 Å². The van der Waals surface area contributed by atoms with Gasteiger partial charge in [-0.3, -0.25) is 0 Å². The molecule has 0 aliphatic heterocycles. The summed E-state index contributed by atoms with van der Waals surface area (Å²) >= 11 is 0. The Morgan fingerprint density at radius 1 is 1.00 bits per heavy atom. The van der Waals surface area contributed by atoms with Crippen LogP contribution in [0.4, 0.5) is 0 Å². The van der Waals surface area contributed by atoms with Gasteiger partial charge >= 0.3 is 5.97 Å². The second kappa shape index (κ2) is 10.1. The molecule has 0 aliphatic carbocycles. The highest BCUT2D eigenvalue weighted by Gasteiger charge is 2.29. The fraction of sp³-hybridized carbons (Fsp3) is 0.278. The molecule has 0 aliphatic rings. The van der Waals surface area contributed by atoms with E-state index in [4.69, 9.17) is 15.0 Å². The first-order valence-corrected chi connectivity index (χ1v) is 7.75. The highest BCUT2D eigenvalue weighted by Crippen LogP contribution is 2.13. The quantitative estimate of drug-likeness (QED) is 0.405. The van der Waals surface area contributed by atoms with E-state index in [1.54, 1.807) is 0 Å². The third-order valence-electron chi connectivity index (χ3n) is 3.49. The van der Waals surface area contributed by atoms with E-state index in [0.29, 0.717) is 0 Å². The molecule has 0 spiro atoms. The molecule has 0 amide bonds. The molecule has 7 heteroatoms. The third kappa shape index (κ3) is 6.27. The first kappa shape index (κ1) is 18.5. The molecule has 0 aromatic heterocycles. The number of hydrogen-bond acceptors (Lipinski definition) is 4. The van der Waals surface area contributed by atoms with Crippen LogP contribution >= 0.6 is 0 Å². The van der Waals surface area contributed by atoms with Crippen molar-refractivity contribution in [2.75, 3.05) is 6.54 Å². The van der Waals surface area contributed by atoms with E-state index in [2.05, 4.69) is 10.0 Å². The highest BCUT2D eigenvalue weighted by molar-refractivity contribution is 5.73. The van der Waals surface area contributed by atoms with Crippen LogP contribution in [0.5, 0.6) is 0 Å². The molecule has 2 atom stereocenters. The first-order chi connectivity index (χ1) is 12.2. The number of benzene rings is 2. The van der Waals surface area contributed by atoms with E-state index < -0.39 is 18.2 Å². The minimum Gasteiger partial charge on any atom is -0.479 e. The zero-order valence-corrected chi connectivity index (χ0v) is 13.6.